The van der Waals surface area contributed by atoms with Gasteiger partial charge in [-0.2, -0.15) is 0 Å². The molecule has 1 N–H and O–H groups in total. The molecule has 0 saturated carbocycles. The Bertz CT molecular complexity index is 1340. The number of carbonyl (C=O) groups is 2. The quantitative estimate of drug-likeness (QED) is 0.285. The highest BCUT2D eigenvalue weighted by Crippen LogP contribution is 2.45. The molecule has 2 aromatic carbocycles. The molecule has 1 amide bonds. The Labute approximate surface area is 211 Å². The number of ketones is 1. The molecule has 5 rings (SSSR count). The van der Waals surface area contributed by atoms with E-state index in [-0.39, 0.29) is 11.3 Å². The van der Waals surface area contributed by atoms with Crippen molar-refractivity contribution in [3.05, 3.63) is 64.7 Å². The number of hydrogen-bond donors (Lipinski definition) is 1. The van der Waals surface area contributed by atoms with Gasteiger partial charge in [-0.15, -0.1) is 11.3 Å². The van der Waals surface area contributed by atoms with Crippen LogP contribution in [-0.2, 0) is 9.59 Å². The van der Waals surface area contributed by atoms with Crippen molar-refractivity contribution in [2.24, 2.45) is 0 Å². The monoisotopic (exact) mass is 508 g/mol. The molecule has 1 aromatic heterocycles. The van der Waals surface area contributed by atoms with Crippen molar-refractivity contribution in [3.8, 4) is 23.0 Å². The fourth-order valence-corrected chi connectivity index (χ4v) is 4.93. The largest absolute Gasteiger partial charge is 0.507 e. The molecule has 1 unspecified atom stereocenters. The zero-order valence-electron chi connectivity index (χ0n) is 19.7. The molecule has 0 bridgehead atoms. The molecular formula is C26H24N2O7S. The van der Waals surface area contributed by atoms with Crippen LogP contribution in [0.15, 0.2) is 53.5 Å². The second-order valence-electron chi connectivity index (χ2n) is 7.91. The number of aromatic nitrogens is 1. The van der Waals surface area contributed by atoms with Crippen LogP contribution in [0, 0.1) is 0 Å². The topological polar surface area (TPSA) is 107 Å². The first-order valence-corrected chi connectivity index (χ1v) is 12.4. The average Bonchev–Trinajstić information content (AvgIpc) is 3.51. The number of carbonyl (C=O) groups excluding carboxylic acids is 2. The van der Waals surface area contributed by atoms with E-state index >= 15 is 0 Å². The zero-order valence-corrected chi connectivity index (χ0v) is 20.5. The number of fused-ring (bicyclic) bond motifs is 1. The molecule has 36 heavy (non-hydrogen) atoms. The number of nitrogens with zero attached hydrogens (tertiary/aromatic N) is 2. The van der Waals surface area contributed by atoms with Gasteiger partial charge in [-0.05, 0) is 49.7 Å². The van der Waals surface area contributed by atoms with Crippen LogP contribution in [-0.4, -0.2) is 48.2 Å². The summed E-state index contributed by atoms with van der Waals surface area (Å²) < 4.78 is 22.6. The summed E-state index contributed by atoms with van der Waals surface area (Å²) in [6.07, 6.45) is 1.56. The number of ether oxygens (including phenoxy) is 4. The Morgan fingerprint density at radius 2 is 1.81 bits per heavy atom. The maximum absolute atomic E-state index is 13.3. The smallest absolute Gasteiger partial charge is 0.301 e. The highest BCUT2D eigenvalue weighted by molar-refractivity contribution is 7.14. The lowest BCUT2D eigenvalue weighted by molar-refractivity contribution is -0.132. The van der Waals surface area contributed by atoms with Crippen LogP contribution in [0.25, 0.3) is 5.76 Å². The van der Waals surface area contributed by atoms with Gasteiger partial charge in [0.05, 0.1) is 24.8 Å². The summed E-state index contributed by atoms with van der Waals surface area (Å²) in [6, 6.07) is 9.17. The average molecular weight is 509 g/mol. The maximum Gasteiger partial charge on any atom is 0.301 e. The third-order valence-electron chi connectivity index (χ3n) is 5.77. The van der Waals surface area contributed by atoms with Gasteiger partial charge in [0.2, 0.25) is 0 Å². The van der Waals surface area contributed by atoms with Crippen LogP contribution in [0.4, 0.5) is 5.13 Å². The first kappa shape index (κ1) is 23.7. The molecule has 0 spiro atoms. The molecule has 3 heterocycles. The third kappa shape index (κ3) is 4.13. The molecule has 9 nitrogen and oxygen atoms in total. The van der Waals surface area contributed by atoms with E-state index in [1.54, 1.807) is 48.0 Å². The van der Waals surface area contributed by atoms with Gasteiger partial charge in [-0.25, -0.2) is 4.98 Å². The normalized spacial score (nSPS) is 18.4. The third-order valence-corrected chi connectivity index (χ3v) is 6.54. The van der Waals surface area contributed by atoms with E-state index in [0.29, 0.717) is 65.7 Å². The van der Waals surface area contributed by atoms with E-state index in [9.17, 15) is 14.7 Å². The summed E-state index contributed by atoms with van der Waals surface area (Å²) >= 11 is 1.22. The standard InChI is InChI=1S/C26H24N2O7S/c1-3-32-17-7-5-15(13-19(17)33-4-2)22-21(24(30)25(31)28(22)26-27-9-12-36-26)23(29)16-6-8-18-20(14-16)35-11-10-34-18/h5-9,12-14,22,29H,3-4,10-11H2,1-2H3. The van der Waals surface area contributed by atoms with E-state index in [1.807, 2.05) is 13.8 Å². The van der Waals surface area contributed by atoms with Crippen molar-refractivity contribution in [2.45, 2.75) is 19.9 Å². The van der Waals surface area contributed by atoms with Crippen molar-refractivity contribution >= 4 is 33.9 Å². The summed E-state index contributed by atoms with van der Waals surface area (Å²) in [4.78, 5) is 32.1. The molecule has 1 saturated heterocycles. The Hall–Kier alpha value is -4.05. The molecule has 1 atom stereocenters. The van der Waals surface area contributed by atoms with Crippen LogP contribution in [0.1, 0.15) is 31.0 Å². The van der Waals surface area contributed by atoms with Crippen molar-refractivity contribution < 1.29 is 33.6 Å². The van der Waals surface area contributed by atoms with Gasteiger partial charge < -0.3 is 24.1 Å². The van der Waals surface area contributed by atoms with E-state index < -0.39 is 17.7 Å². The second-order valence-corrected chi connectivity index (χ2v) is 8.79. The molecule has 1 fully saturated rings. The lowest BCUT2D eigenvalue weighted by Crippen LogP contribution is -2.29. The minimum atomic E-state index is -0.931. The lowest BCUT2D eigenvalue weighted by atomic mass is 9.95. The number of anilines is 1. The van der Waals surface area contributed by atoms with Gasteiger partial charge in [-0.1, -0.05) is 6.07 Å². The van der Waals surface area contributed by atoms with Crippen LogP contribution >= 0.6 is 11.3 Å². The summed E-state index contributed by atoms with van der Waals surface area (Å²) in [5, 5.41) is 13.4. The number of aliphatic hydroxyl groups is 1. The molecule has 10 heteroatoms. The lowest BCUT2D eigenvalue weighted by Gasteiger charge is -2.24. The SMILES string of the molecule is CCOc1ccc(C2C(=C(O)c3ccc4c(c3)OCCO4)C(=O)C(=O)N2c2nccs2)cc1OCC. The Kier molecular flexibility index (Phi) is 6.51. The van der Waals surface area contributed by atoms with Crippen molar-refractivity contribution in [3.63, 3.8) is 0 Å². The highest BCUT2D eigenvalue weighted by Gasteiger charge is 2.48. The van der Waals surface area contributed by atoms with Gasteiger partial charge in [-0.3, -0.25) is 14.5 Å². The van der Waals surface area contributed by atoms with Crippen molar-refractivity contribution in [1.29, 1.82) is 0 Å². The number of benzene rings is 2. The molecule has 0 aliphatic carbocycles. The Morgan fingerprint density at radius 3 is 2.53 bits per heavy atom. The summed E-state index contributed by atoms with van der Waals surface area (Å²) in [6.45, 7) is 5.37. The first-order chi connectivity index (χ1) is 17.5. The molecule has 186 valence electrons. The minimum Gasteiger partial charge on any atom is -0.507 e. The van der Waals surface area contributed by atoms with E-state index in [2.05, 4.69) is 4.98 Å². The van der Waals surface area contributed by atoms with Crippen LogP contribution in [0.5, 0.6) is 23.0 Å². The number of Topliss-reactive ketones (excluding diaryl/α,β-unsaturated/α-hetero) is 1. The van der Waals surface area contributed by atoms with Crippen molar-refractivity contribution in [2.75, 3.05) is 31.3 Å². The van der Waals surface area contributed by atoms with Crippen LogP contribution < -0.4 is 23.8 Å². The van der Waals surface area contributed by atoms with Gasteiger partial charge in [0.15, 0.2) is 28.1 Å². The molecular weight excluding hydrogens is 484 g/mol. The molecule has 2 aliphatic rings. The number of hydrogen-bond acceptors (Lipinski definition) is 9. The number of rotatable bonds is 7. The first-order valence-electron chi connectivity index (χ1n) is 11.5. The van der Waals surface area contributed by atoms with Crippen LogP contribution in [0.3, 0.4) is 0 Å². The van der Waals surface area contributed by atoms with E-state index in [0.717, 1.165) is 0 Å². The number of aliphatic hydroxyl groups excluding tert-OH is 1. The van der Waals surface area contributed by atoms with E-state index in [1.165, 1.54) is 16.2 Å². The fraction of sp³-hybridized carbons (Fsp3) is 0.269. The second kappa shape index (κ2) is 9.90. The Morgan fingerprint density at radius 1 is 1.06 bits per heavy atom. The summed E-state index contributed by atoms with van der Waals surface area (Å²) in [5.41, 5.74) is 0.839. The zero-order chi connectivity index (χ0) is 25.2. The number of thiazole rings is 1. The molecule has 0 radical (unpaired) electrons. The van der Waals surface area contributed by atoms with Crippen LogP contribution in [0.2, 0.25) is 0 Å². The predicted octanol–water partition coefficient (Wildman–Crippen LogP) is 4.34. The highest BCUT2D eigenvalue weighted by atomic mass is 32.1. The van der Waals surface area contributed by atoms with Gasteiger partial charge in [0.1, 0.15) is 19.0 Å². The predicted molar refractivity (Wildman–Crippen MR) is 133 cm³/mol. The van der Waals surface area contributed by atoms with Gasteiger partial charge >= 0.3 is 5.91 Å². The summed E-state index contributed by atoms with van der Waals surface area (Å²) in [7, 11) is 0. The maximum atomic E-state index is 13.3. The summed E-state index contributed by atoms with van der Waals surface area (Å²) in [5.74, 6) is 0.111. The Balaban J connectivity index is 1.68. The number of amides is 1. The fourth-order valence-electron chi connectivity index (χ4n) is 4.26. The molecule has 2 aliphatic heterocycles. The van der Waals surface area contributed by atoms with Gasteiger partial charge in [0, 0.05) is 17.1 Å². The van der Waals surface area contributed by atoms with Gasteiger partial charge in [0.25, 0.3) is 5.78 Å². The minimum absolute atomic E-state index is 0.0570. The van der Waals surface area contributed by atoms with Crippen molar-refractivity contribution in [1.82, 2.24) is 4.98 Å². The molecule has 3 aromatic rings. The van der Waals surface area contributed by atoms with E-state index in [4.69, 9.17) is 18.9 Å².